The van der Waals surface area contributed by atoms with Crippen molar-refractivity contribution < 1.29 is 9.47 Å². The van der Waals surface area contributed by atoms with Gasteiger partial charge in [-0.3, -0.25) is 0 Å². The molecule has 0 saturated heterocycles. The predicted octanol–water partition coefficient (Wildman–Crippen LogP) is 4.16. The highest BCUT2D eigenvalue weighted by Crippen LogP contribution is 2.39. The summed E-state index contributed by atoms with van der Waals surface area (Å²) in [6.45, 7) is 1.47. The molecule has 2 unspecified atom stereocenters. The summed E-state index contributed by atoms with van der Waals surface area (Å²) < 4.78 is 11.5. The molecule has 2 nitrogen and oxygen atoms in total. The third-order valence-electron chi connectivity index (χ3n) is 4.06. The number of hydrogen-bond donors (Lipinski definition) is 0. The summed E-state index contributed by atoms with van der Waals surface area (Å²) in [5.41, 5.74) is 5.19. The number of benzene rings is 2. The largest absolute Gasteiger partial charge is 0.488 e. The predicted molar refractivity (Wildman–Crippen MR) is 81.2 cm³/mol. The maximum atomic E-state index is 6.06. The zero-order valence-electron chi connectivity index (χ0n) is 11.0. The molecule has 20 heavy (non-hydrogen) atoms. The first-order valence-electron chi connectivity index (χ1n) is 6.89. The van der Waals surface area contributed by atoms with Gasteiger partial charge in [0.1, 0.15) is 11.9 Å². The van der Waals surface area contributed by atoms with Crippen molar-refractivity contribution in [3.05, 3.63) is 64.7 Å². The number of halogens is 1. The summed E-state index contributed by atoms with van der Waals surface area (Å²) in [4.78, 5) is 0.209. The Labute approximate surface area is 126 Å². The molecule has 0 bridgehead atoms. The van der Waals surface area contributed by atoms with Crippen LogP contribution in [0.25, 0.3) is 0 Å². The Morgan fingerprint density at radius 3 is 2.75 bits per heavy atom. The Bertz CT molecular complexity index is 628. The number of ether oxygens (including phenoxy) is 2. The normalized spacial score (nSPS) is 21.1. The van der Waals surface area contributed by atoms with E-state index in [0.29, 0.717) is 0 Å². The maximum absolute atomic E-state index is 6.06. The molecule has 2 aliphatic rings. The Kier molecular flexibility index (Phi) is 3.04. The van der Waals surface area contributed by atoms with Crippen LogP contribution >= 0.6 is 15.9 Å². The number of fused-ring (bicyclic) bond motifs is 2. The fraction of sp³-hybridized carbons (Fsp3) is 0.294. The number of para-hydroxylation sites is 1. The third-order valence-corrected chi connectivity index (χ3v) is 5.18. The zero-order chi connectivity index (χ0) is 13.5. The fourth-order valence-electron chi connectivity index (χ4n) is 2.95. The zero-order valence-corrected chi connectivity index (χ0v) is 12.6. The van der Waals surface area contributed by atoms with E-state index in [1.54, 1.807) is 0 Å². The van der Waals surface area contributed by atoms with Crippen molar-refractivity contribution >= 4 is 15.9 Å². The maximum Gasteiger partial charge on any atom is 0.123 e. The molecule has 0 radical (unpaired) electrons. The van der Waals surface area contributed by atoms with Gasteiger partial charge in [0, 0.05) is 6.42 Å². The van der Waals surface area contributed by atoms with Gasteiger partial charge in [-0.05, 0) is 28.3 Å². The third kappa shape index (κ3) is 2.05. The van der Waals surface area contributed by atoms with Gasteiger partial charge in [0.15, 0.2) is 0 Å². The van der Waals surface area contributed by atoms with Gasteiger partial charge in [-0.15, -0.1) is 0 Å². The van der Waals surface area contributed by atoms with Crippen LogP contribution in [0.5, 0.6) is 5.75 Å². The molecule has 2 aliphatic heterocycles. The van der Waals surface area contributed by atoms with Crippen LogP contribution in [-0.2, 0) is 24.4 Å². The van der Waals surface area contributed by atoms with E-state index in [0.717, 1.165) is 25.4 Å². The van der Waals surface area contributed by atoms with Crippen LogP contribution in [0.1, 0.15) is 27.1 Å². The van der Waals surface area contributed by atoms with E-state index < -0.39 is 0 Å². The molecule has 0 aliphatic carbocycles. The van der Waals surface area contributed by atoms with Gasteiger partial charge in [-0.2, -0.15) is 0 Å². The molecule has 102 valence electrons. The lowest BCUT2D eigenvalue weighted by molar-refractivity contribution is 0.134. The molecule has 3 heteroatoms. The van der Waals surface area contributed by atoms with Crippen molar-refractivity contribution in [3.8, 4) is 5.75 Å². The Morgan fingerprint density at radius 2 is 1.85 bits per heavy atom. The summed E-state index contributed by atoms with van der Waals surface area (Å²) in [6, 6.07) is 14.9. The fourth-order valence-corrected chi connectivity index (χ4v) is 3.53. The van der Waals surface area contributed by atoms with Gasteiger partial charge in [-0.1, -0.05) is 52.3 Å². The molecule has 2 heterocycles. The van der Waals surface area contributed by atoms with Crippen LogP contribution in [0.4, 0.5) is 0 Å². The van der Waals surface area contributed by atoms with Crippen molar-refractivity contribution in [1.29, 1.82) is 0 Å². The Hall–Kier alpha value is -1.32. The minimum absolute atomic E-state index is 0.160. The first-order chi connectivity index (χ1) is 9.81. The van der Waals surface area contributed by atoms with Crippen LogP contribution in [0.3, 0.4) is 0 Å². The van der Waals surface area contributed by atoms with Crippen LogP contribution in [0.15, 0.2) is 42.5 Å². The molecule has 0 N–H and O–H groups in total. The summed E-state index contributed by atoms with van der Waals surface area (Å²) in [5, 5.41) is 0. The lowest BCUT2D eigenvalue weighted by atomic mass is 10.00. The second-order valence-electron chi connectivity index (χ2n) is 5.39. The van der Waals surface area contributed by atoms with E-state index in [9.17, 15) is 0 Å². The highest BCUT2D eigenvalue weighted by molar-refractivity contribution is 9.09. The minimum atomic E-state index is 0.160. The van der Waals surface area contributed by atoms with Gasteiger partial charge < -0.3 is 9.47 Å². The lowest BCUT2D eigenvalue weighted by Crippen LogP contribution is -2.19. The smallest absolute Gasteiger partial charge is 0.123 e. The SMILES string of the molecule is BrC(c1ccc2c(c1)COC2)C1Cc2ccccc2O1. The molecular weight excluding hydrogens is 316 g/mol. The number of alkyl halides is 1. The molecule has 0 spiro atoms. The monoisotopic (exact) mass is 330 g/mol. The second-order valence-corrected chi connectivity index (χ2v) is 6.38. The molecule has 0 amide bonds. The van der Waals surface area contributed by atoms with Gasteiger partial charge in [0.25, 0.3) is 0 Å². The second kappa shape index (κ2) is 4.90. The topological polar surface area (TPSA) is 18.5 Å². The summed E-state index contributed by atoms with van der Waals surface area (Å²) in [5.74, 6) is 1.02. The Balaban J connectivity index is 1.58. The first kappa shape index (κ1) is 12.4. The molecule has 0 saturated carbocycles. The molecule has 4 rings (SSSR count). The molecule has 0 aromatic heterocycles. The van der Waals surface area contributed by atoms with Gasteiger partial charge in [-0.25, -0.2) is 0 Å². The molecule has 2 aromatic carbocycles. The molecular formula is C17H15BrO2. The van der Waals surface area contributed by atoms with Gasteiger partial charge in [0.2, 0.25) is 0 Å². The number of rotatable bonds is 2. The molecule has 2 aromatic rings. The lowest BCUT2D eigenvalue weighted by Gasteiger charge is -2.18. The van der Waals surface area contributed by atoms with E-state index in [4.69, 9.17) is 9.47 Å². The van der Waals surface area contributed by atoms with Crippen molar-refractivity contribution in [2.24, 2.45) is 0 Å². The van der Waals surface area contributed by atoms with Gasteiger partial charge >= 0.3 is 0 Å². The summed E-state index contributed by atoms with van der Waals surface area (Å²) in [7, 11) is 0. The first-order valence-corrected chi connectivity index (χ1v) is 7.81. The molecule has 0 fully saturated rings. The summed E-state index contributed by atoms with van der Waals surface area (Å²) in [6.07, 6.45) is 1.12. The summed E-state index contributed by atoms with van der Waals surface area (Å²) >= 11 is 3.81. The van der Waals surface area contributed by atoms with Crippen LogP contribution < -0.4 is 4.74 Å². The van der Waals surface area contributed by atoms with Crippen LogP contribution in [0.2, 0.25) is 0 Å². The van der Waals surface area contributed by atoms with Crippen molar-refractivity contribution in [2.75, 3.05) is 0 Å². The van der Waals surface area contributed by atoms with E-state index in [1.165, 1.54) is 22.3 Å². The van der Waals surface area contributed by atoms with E-state index in [1.807, 2.05) is 12.1 Å². The van der Waals surface area contributed by atoms with Crippen molar-refractivity contribution in [1.82, 2.24) is 0 Å². The standard InChI is InChI=1S/C17H15BrO2/c18-17(12-5-6-13-9-19-10-14(13)7-12)16-8-11-3-1-2-4-15(11)20-16/h1-7,16-17H,8-10H2. The highest BCUT2D eigenvalue weighted by Gasteiger charge is 2.30. The Morgan fingerprint density at radius 1 is 1.00 bits per heavy atom. The van der Waals surface area contributed by atoms with Gasteiger partial charge in [0.05, 0.1) is 18.0 Å². The van der Waals surface area contributed by atoms with E-state index >= 15 is 0 Å². The number of hydrogen-bond acceptors (Lipinski definition) is 2. The molecule has 2 atom stereocenters. The van der Waals surface area contributed by atoms with Crippen LogP contribution in [-0.4, -0.2) is 6.10 Å². The highest BCUT2D eigenvalue weighted by atomic mass is 79.9. The average molecular weight is 331 g/mol. The van der Waals surface area contributed by atoms with E-state index in [-0.39, 0.29) is 10.9 Å². The van der Waals surface area contributed by atoms with Crippen molar-refractivity contribution in [3.63, 3.8) is 0 Å². The van der Waals surface area contributed by atoms with Crippen molar-refractivity contribution in [2.45, 2.75) is 30.6 Å². The average Bonchev–Trinajstić information content (AvgIpc) is 3.11. The van der Waals surface area contributed by atoms with E-state index in [2.05, 4.69) is 46.3 Å². The minimum Gasteiger partial charge on any atom is -0.488 e. The quantitative estimate of drug-likeness (QED) is 0.770. The van der Waals surface area contributed by atoms with Crippen LogP contribution in [0, 0.1) is 0 Å².